The van der Waals surface area contributed by atoms with Crippen molar-refractivity contribution in [3.05, 3.63) is 42.4 Å². The largest absolute Gasteiger partial charge is 0.573 e. The normalized spacial score (nSPS) is 14.2. The zero-order valence-corrected chi connectivity index (χ0v) is 18.1. The molecule has 2 aromatic heterocycles. The summed E-state index contributed by atoms with van der Waals surface area (Å²) in [5, 5.41) is 0. The van der Waals surface area contributed by atoms with Gasteiger partial charge in [-0.1, -0.05) is 12.1 Å². The fourth-order valence-electron chi connectivity index (χ4n) is 3.28. The van der Waals surface area contributed by atoms with E-state index in [-0.39, 0.29) is 28.9 Å². The van der Waals surface area contributed by atoms with Gasteiger partial charge in [0.15, 0.2) is 17.8 Å². The molecule has 4 rings (SSSR count). The zero-order chi connectivity index (χ0) is 24.0. The molecule has 33 heavy (non-hydrogen) atoms. The lowest BCUT2D eigenvalue weighted by molar-refractivity contribution is -0.274. The maximum atomic E-state index is 13.0. The molecule has 0 bridgehead atoms. The standard InChI is InChI=1S/C22H21F3N4O4/c1-21(2,3)33-20(31)29(14-7-8-14)19-18-26-10-15(12-30)28(18)11-17(27-19)13-5-4-6-16(9-13)32-22(23,24)25/h4-6,9-12,14H,7-8H2,1-3H3. The van der Waals surface area contributed by atoms with Crippen molar-refractivity contribution in [2.75, 3.05) is 4.90 Å². The zero-order valence-electron chi connectivity index (χ0n) is 18.1. The molecule has 2 heterocycles. The highest BCUT2D eigenvalue weighted by atomic mass is 19.4. The van der Waals surface area contributed by atoms with E-state index in [1.54, 1.807) is 26.8 Å². The van der Waals surface area contributed by atoms with E-state index in [9.17, 15) is 22.8 Å². The van der Waals surface area contributed by atoms with Gasteiger partial charge in [0, 0.05) is 17.8 Å². The molecule has 0 saturated heterocycles. The first-order valence-electron chi connectivity index (χ1n) is 10.2. The van der Waals surface area contributed by atoms with Crippen LogP contribution in [0.25, 0.3) is 16.9 Å². The van der Waals surface area contributed by atoms with Crippen molar-refractivity contribution in [3.8, 4) is 17.0 Å². The van der Waals surface area contributed by atoms with Crippen molar-refractivity contribution in [1.82, 2.24) is 14.4 Å². The molecule has 1 fully saturated rings. The number of nitrogens with zero attached hydrogens (tertiary/aromatic N) is 4. The number of carbonyl (C=O) groups excluding carboxylic acids is 2. The number of amides is 1. The summed E-state index contributed by atoms with van der Waals surface area (Å²) in [6.07, 6.45) is -0.618. The van der Waals surface area contributed by atoms with Gasteiger partial charge in [-0.15, -0.1) is 13.2 Å². The molecular weight excluding hydrogens is 441 g/mol. The lowest BCUT2D eigenvalue weighted by Crippen LogP contribution is -2.39. The Bertz CT molecular complexity index is 1210. The third kappa shape index (κ3) is 5.07. The van der Waals surface area contributed by atoms with E-state index in [0.29, 0.717) is 11.8 Å². The Hall–Kier alpha value is -3.63. The minimum absolute atomic E-state index is 0.152. The first-order chi connectivity index (χ1) is 15.4. The number of halogens is 3. The number of carbonyl (C=O) groups is 2. The molecule has 0 aliphatic heterocycles. The lowest BCUT2D eigenvalue weighted by Gasteiger charge is -2.27. The Morgan fingerprint density at radius 1 is 1.24 bits per heavy atom. The third-order valence-corrected chi connectivity index (χ3v) is 4.72. The summed E-state index contributed by atoms with van der Waals surface area (Å²) in [4.78, 5) is 34.8. The van der Waals surface area contributed by atoms with Crippen LogP contribution in [0.5, 0.6) is 5.75 Å². The van der Waals surface area contributed by atoms with Gasteiger partial charge in [-0.3, -0.25) is 14.1 Å². The number of aromatic nitrogens is 3. The summed E-state index contributed by atoms with van der Waals surface area (Å²) in [5.41, 5.74) is 0.203. The molecule has 11 heteroatoms. The second kappa shape index (κ2) is 8.05. The number of anilines is 1. The predicted molar refractivity (Wildman–Crippen MR) is 112 cm³/mol. The van der Waals surface area contributed by atoms with Crippen LogP contribution in [0.4, 0.5) is 23.8 Å². The number of aldehydes is 1. The van der Waals surface area contributed by atoms with Gasteiger partial charge in [-0.2, -0.15) is 0 Å². The molecule has 1 amide bonds. The SMILES string of the molecule is CC(C)(C)OC(=O)N(c1nc(-c2cccc(OC(F)(F)F)c2)cn2c(C=O)cnc12)C1CC1. The van der Waals surface area contributed by atoms with E-state index in [1.165, 1.54) is 39.9 Å². The van der Waals surface area contributed by atoms with Crippen LogP contribution in [0.15, 0.2) is 36.7 Å². The highest BCUT2D eigenvalue weighted by molar-refractivity contribution is 5.93. The lowest BCUT2D eigenvalue weighted by atomic mass is 10.1. The third-order valence-electron chi connectivity index (χ3n) is 4.72. The van der Waals surface area contributed by atoms with Gasteiger partial charge in [0.25, 0.3) is 0 Å². The van der Waals surface area contributed by atoms with E-state index < -0.39 is 23.8 Å². The minimum Gasteiger partial charge on any atom is -0.443 e. The van der Waals surface area contributed by atoms with Crippen molar-refractivity contribution < 1.29 is 32.2 Å². The fraction of sp³-hybridized carbons (Fsp3) is 0.364. The van der Waals surface area contributed by atoms with Crippen molar-refractivity contribution in [2.24, 2.45) is 0 Å². The second-order valence-electron chi connectivity index (χ2n) is 8.60. The van der Waals surface area contributed by atoms with E-state index in [4.69, 9.17) is 4.74 Å². The van der Waals surface area contributed by atoms with Crippen molar-refractivity contribution in [2.45, 2.75) is 51.6 Å². The van der Waals surface area contributed by atoms with Gasteiger partial charge in [0.1, 0.15) is 17.0 Å². The molecule has 0 N–H and O–H groups in total. The Labute approximate surface area is 186 Å². The maximum Gasteiger partial charge on any atom is 0.573 e. The number of ether oxygens (including phenoxy) is 2. The molecular formula is C22H21F3N4O4. The number of imidazole rings is 1. The average Bonchev–Trinajstić information content (AvgIpc) is 3.43. The van der Waals surface area contributed by atoms with Crippen LogP contribution in [0.1, 0.15) is 44.1 Å². The van der Waals surface area contributed by atoms with Gasteiger partial charge in [0.2, 0.25) is 0 Å². The van der Waals surface area contributed by atoms with Crippen molar-refractivity contribution >= 4 is 23.8 Å². The predicted octanol–water partition coefficient (Wildman–Crippen LogP) is 5.01. The maximum absolute atomic E-state index is 13.0. The Morgan fingerprint density at radius 3 is 2.58 bits per heavy atom. The van der Waals surface area contributed by atoms with Crippen LogP contribution in [0.3, 0.4) is 0 Å². The number of hydrogen-bond donors (Lipinski definition) is 0. The van der Waals surface area contributed by atoms with Gasteiger partial charge < -0.3 is 9.47 Å². The minimum atomic E-state index is -4.85. The summed E-state index contributed by atoms with van der Waals surface area (Å²) >= 11 is 0. The molecule has 0 unspecified atom stereocenters. The summed E-state index contributed by atoms with van der Waals surface area (Å²) < 4.78 is 49.1. The number of rotatable bonds is 5. The molecule has 3 aromatic rings. The number of fused-ring (bicyclic) bond motifs is 1. The van der Waals surface area contributed by atoms with Crippen LogP contribution in [-0.4, -0.2) is 44.8 Å². The van der Waals surface area contributed by atoms with Gasteiger partial charge in [-0.25, -0.2) is 14.8 Å². The number of hydrogen-bond acceptors (Lipinski definition) is 6. The molecule has 1 aliphatic rings. The number of alkyl halides is 3. The molecule has 0 atom stereocenters. The topological polar surface area (TPSA) is 86.0 Å². The smallest absolute Gasteiger partial charge is 0.443 e. The molecule has 0 radical (unpaired) electrons. The highest BCUT2D eigenvalue weighted by Gasteiger charge is 2.39. The molecule has 0 spiro atoms. The molecule has 1 aliphatic carbocycles. The van der Waals surface area contributed by atoms with Crippen LogP contribution >= 0.6 is 0 Å². The summed E-state index contributed by atoms with van der Waals surface area (Å²) in [6, 6.07) is 5.12. The number of benzene rings is 1. The second-order valence-corrected chi connectivity index (χ2v) is 8.60. The molecule has 1 saturated carbocycles. The van der Waals surface area contributed by atoms with Gasteiger partial charge >= 0.3 is 12.5 Å². The molecule has 174 valence electrons. The summed E-state index contributed by atoms with van der Waals surface area (Å²) in [7, 11) is 0. The molecule has 8 nitrogen and oxygen atoms in total. The Morgan fingerprint density at radius 2 is 1.97 bits per heavy atom. The van der Waals surface area contributed by atoms with Gasteiger partial charge in [0.05, 0.1) is 11.9 Å². The van der Waals surface area contributed by atoms with E-state index >= 15 is 0 Å². The Balaban J connectivity index is 1.86. The van der Waals surface area contributed by atoms with Crippen LogP contribution in [0.2, 0.25) is 0 Å². The van der Waals surface area contributed by atoms with Crippen LogP contribution < -0.4 is 9.64 Å². The van der Waals surface area contributed by atoms with Crippen LogP contribution in [-0.2, 0) is 4.74 Å². The summed E-state index contributed by atoms with van der Waals surface area (Å²) in [5.74, 6) is -0.268. The first-order valence-corrected chi connectivity index (χ1v) is 10.2. The van der Waals surface area contributed by atoms with Crippen molar-refractivity contribution in [3.63, 3.8) is 0 Å². The van der Waals surface area contributed by atoms with Crippen LogP contribution in [0, 0.1) is 0 Å². The van der Waals surface area contributed by atoms with E-state index in [1.807, 2.05) is 0 Å². The highest BCUT2D eigenvalue weighted by Crippen LogP contribution is 2.36. The molecule has 1 aromatic carbocycles. The van der Waals surface area contributed by atoms with E-state index in [0.717, 1.165) is 12.8 Å². The van der Waals surface area contributed by atoms with E-state index in [2.05, 4.69) is 14.7 Å². The fourth-order valence-corrected chi connectivity index (χ4v) is 3.28. The quantitative estimate of drug-likeness (QED) is 0.496. The first kappa shape index (κ1) is 22.6. The van der Waals surface area contributed by atoms with Gasteiger partial charge in [-0.05, 0) is 45.7 Å². The monoisotopic (exact) mass is 462 g/mol. The van der Waals surface area contributed by atoms with Crippen molar-refractivity contribution in [1.29, 1.82) is 0 Å². The average molecular weight is 462 g/mol. The summed E-state index contributed by atoms with van der Waals surface area (Å²) in [6.45, 7) is 5.21. The Kier molecular flexibility index (Phi) is 5.51.